The van der Waals surface area contributed by atoms with Gasteiger partial charge in [-0.15, -0.1) is 0 Å². The molecular formula is C15H18F3N5OS. The summed E-state index contributed by atoms with van der Waals surface area (Å²) in [5, 5.41) is 2.83. The van der Waals surface area contributed by atoms with Crippen molar-refractivity contribution in [2.75, 3.05) is 18.2 Å². The zero-order valence-electron chi connectivity index (χ0n) is 13.7. The molecule has 0 spiro atoms. The van der Waals surface area contributed by atoms with Gasteiger partial charge >= 0.3 is 6.18 Å². The molecule has 3 N–H and O–H groups in total. The van der Waals surface area contributed by atoms with Gasteiger partial charge in [-0.25, -0.2) is 0 Å². The van der Waals surface area contributed by atoms with Crippen molar-refractivity contribution < 1.29 is 17.4 Å². The van der Waals surface area contributed by atoms with Gasteiger partial charge in [0.05, 0.1) is 7.11 Å². The third-order valence-corrected chi connectivity index (χ3v) is 3.88. The Morgan fingerprint density at radius 2 is 1.88 bits per heavy atom. The van der Waals surface area contributed by atoms with Gasteiger partial charge in [-0.1, -0.05) is 12.1 Å². The number of aromatic nitrogens is 3. The predicted molar refractivity (Wildman–Crippen MR) is 90.0 cm³/mol. The summed E-state index contributed by atoms with van der Waals surface area (Å²) < 4.78 is 43.1. The Morgan fingerprint density at radius 1 is 1.20 bits per heavy atom. The second-order valence-corrected chi connectivity index (χ2v) is 6.29. The molecule has 0 aliphatic carbocycles. The number of nitrogens with one attached hydrogen (secondary N) is 1. The Morgan fingerprint density at radius 3 is 2.48 bits per heavy atom. The molecule has 0 fully saturated rings. The molecule has 136 valence electrons. The highest BCUT2D eigenvalue weighted by Gasteiger charge is 2.35. The summed E-state index contributed by atoms with van der Waals surface area (Å²) in [6.45, 7) is 1.84. The summed E-state index contributed by atoms with van der Waals surface area (Å²) in [6, 6.07) is 7.72. The van der Waals surface area contributed by atoms with Gasteiger partial charge < -0.3 is 15.2 Å². The highest BCUT2D eigenvalue weighted by molar-refractivity contribution is 7.94. The fraction of sp³-hybridized carbons (Fsp3) is 0.400. The SMILES string of the molecule is COSc1ccc(CCC(C)Nc2nc(N)nc(C(F)(F)F)n2)cc1. The number of anilines is 2. The van der Waals surface area contributed by atoms with E-state index in [0.29, 0.717) is 6.42 Å². The summed E-state index contributed by atoms with van der Waals surface area (Å²) >= 11 is 1.28. The van der Waals surface area contributed by atoms with E-state index in [0.717, 1.165) is 16.9 Å². The third kappa shape index (κ3) is 6.05. The van der Waals surface area contributed by atoms with Crippen molar-refractivity contribution in [3.63, 3.8) is 0 Å². The number of rotatable bonds is 7. The van der Waals surface area contributed by atoms with Crippen LogP contribution in [0.25, 0.3) is 0 Å². The first-order valence-electron chi connectivity index (χ1n) is 7.43. The van der Waals surface area contributed by atoms with E-state index in [1.165, 1.54) is 12.0 Å². The van der Waals surface area contributed by atoms with Crippen molar-refractivity contribution in [1.82, 2.24) is 15.0 Å². The Kier molecular flexibility index (Phi) is 6.43. The van der Waals surface area contributed by atoms with Gasteiger partial charge in [0, 0.05) is 23.0 Å². The van der Waals surface area contributed by atoms with Crippen LogP contribution in [0.5, 0.6) is 0 Å². The molecule has 25 heavy (non-hydrogen) atoms. The highest BCUT2D eigenvalue weighted by atomic mass is 32.2. The van der Waals surface area contributed by atoms with Gasteiger partial charge in [-0.3, -0.25) is 0 Å². The zero-order chi connectivity index (χ0) is 18.4. The number of halogens is 3. The Balaban J connectivity index is 1.94. The van der Waals surface area contributed by atoms with Crippen LogP contribution < -0.4 is 11.1 Å². The lowest BCUT2D eigenvalue weighted by atomic mass is 10.1. The van der Waals surface area contributed by atoms with Crippen LogP contribution in [0.3, 0.4) is 0 Å². The molecule has 0 saturated carbocycles. The zero-order valence-corrected chi connectivity index (χ0v) is 14.5. The lowest BCUT2D eigenvalue weighted by molar-refractivity contribution is -0.144. The van der Waals surface area contributed by atoms with E-state index in [-0.39, 0.29) is 12.0 Å². The minimum atomic E-state index is -4.67. The molecule has 1 unspecified atom stereocenters. The van der Waals surface area contributed by atoms with Gasteiger partial charge in [-0.2, -0.15) is 28.1 Å². The molecule has 0 aliphatic heterocycles. The molecular weight excluding hydrogens is 355 g/mol. The maximum absolute atomic E-state index is 12.7. The number of alkyl halides is 3. The number of hydrogen-bond acceptors (Lipinski definition) is 7. The van der Waals surface area contributed by atoms with Crippen molar-refractivity contribution in [2.24, 2.45) is 0 Å². The fourth-order valence-corrected chi connectivity index (χ4v) is 2.51. The van der Waals surface area contributed by atoms with Crippen LogP contribution in [0.1, 0.15) is 24.7 Å². The van der Waals surface area contributed by atoms with E-state index < -0.39 is 17.9 Å². The first-order valence-corrected chi connectivity index (χ1v) is 8.17. The molecule has 2 rings (SSSR count). The maximum Gasteiger partial charge on any atom is 0.451 e. The van der Waals surface area contributed by atoms with E-state index in [4.69, 9.17) is 9.92 Å². The van der Waals surface area contributed by atoms with Crippen LogP contribution in [-0.2, 0) is 16.8 Å². The molecule has 1 aromatic heterocycles. The molecule has 1 aromatic carbocycles. The first-order chi connectivity index (χ1) is 11.8. The standard InChI is InChI=1S/C15H18F3N5OS/c1-9(3-4-10-5-7-11(8-6-10)25-24-2)20-14-22-12(15(16,17)18)21-13(19)23-14/h5-9H,3-4H2,1-2H3,(H3,19,20,21,22,23). The van der Waals surface area contributed by atoms with Gasteiger partial charge in [0.1, 0.15) is 0 Å². The van der Waals surface area contributed by atoms with Crippen LogP contribution in [0.15, 0.2) is 29.2 Å². The fourth-order valence-electron chi connectivity index (χ4n) is 2.07. The van der Waals surface area contributed by atoms with E-state index in [1.54, 1.807) is 7.11 Å². The molecule has 0 amide bonds. The van der Waals surface area contributed by atoms with Crippen LogP contribution in [-0.4, -0.2) is 28.1 Å². The third-order valence-electron chi connectivity index (χ3n) is 3.25. The largest absolute Gasteiger partial charge is 0.451 e. The topological polar surface area (TPSA) is 86.0 Å². The van der Waals surface area contributed by atoms with E-state index in [1.807, 2.05) is 31.2 Å². The lowest BCUT2D eigenvalue weighted by Crippen LogP contribution is -2.21. The minimum absolute atomic E-state index is 0.143. The summed E-state index contributed by atoms with van der Waals surface area (Å²) in [7, 11) is 1.60. The van der Waals surface area contributed by atoms with Crippen molar-refractivity contribution >= 4 is 23.9 Å². The Bertz CT molecular complexity index is 697. The second kappa shape index (κ2) is 8.34. The number of aryl methyl sites for hydroxylation is 1. The summed E-state index contributed by atoms with van der Waals surface area (Å²) in [5.41, 5.74) is 6.43. The molecule has 0 bridgehead atoms. The number of nitrogen functional groups attached to an aromatic ring is 1. The maximum atomic E-state index is 12.7. The van der Waals surface area contributed by atoms with Crippen LogP contribution in [0.2, 0.25) is 0 Å². The Labute approximate surface area is 147 Å². The normalized spacial score (nSPS) is 12.8. The Hall–Kier alpha value is -2.07. The van der Waals surface area contributed by atoms with Crippen LogP contribution in [0.4, 0.5) is 25.1 Å². The van der Waals surface area contributed by atoms with Gasteiger partial charge in [0.15, 0.2) is 0 Å². The number of benzene rings is 1. The molecule has 0 aliphatic rings. The van der Waals surface area contributed by atoms with Gasteiger partial charge in [-0.05, 0) is 37.5 Å². The molecule has 1 atom stereocenters. The number of hydrogen-bond donors (Lipinski definition) is 2. The predicted octanol–water partition coefficient (Wildman–Crippen LogP) is 3.56. The molecule has 0 radical (unpaired) electrons. The quantitative estimate of drug-likeness (QED) is 0.718. The molecule has 6 nitrogen and oxygen atoms in total. The average molecular weight is 373 g/mol. The van der Waals surface area contributed by atoms with E-state index in [9.17, 15) is 13.2 Å². The van der Waals surface area contributed by atoms with Crippen LogP contribution >= 0.6 is 12.0 Å². The molecule has 2 aromatic rings. The summed E-state index contributed by atoms with van der Waals surface area (Å²) in [6.07, 6.45) is -3.23. The first kappa shape index (κ1) is 19.3. The molecule has 1 heterocycles. The van der Waals surface area contributed by atoms with Gasteiger partial charge in [0.2, 0.25) is 17.7 Å². The highest BCUT2D eigenvalue weighted by Crippen LogP contribution is 2.27. The van der Waals surface area contributed by atoms with Crippen molar-refractivity contribution in [1.29, 1.82) is 0 Å². The lowest BCUT2D eigenvalue weighted by Gasteiger charge is -2.15. The van der Waals surface area contributed by atoms with E-state index in [2.05, 4.69) is 20.3 Å². The van der Waals surface area contributed by atoms with E-state index >= 15 is 0 Å². The monoisotopic (exact) mass is 373 g/mol. The average Bonchev–Trinajstić information content (AvgIpc) is 2.53. The van der Waals surface area contributed by atoms with Crippen molar-refractivity contribution in [3.8, 4) is 0 Å². The minimum Gasteiger partial charge on any atom is -0.368 e. The summed E-state index contributed by atoms with van der Waals surface area (Å²) in [5.74, 6) is -1.96. The van der Waals surface area contributed by atoms with Crippen molar-refractivity contribution in [2.45, 2.75) is 36.9 Å². The molecule has 10 heteroatoms. The second-order valence-electron chi connectivity index (χ2n) is 5.32. The van der Waals surface area contributed by atoms with Crippen LogP contribution in [0, 0.1) is 0 Å². The van der Waals surface area contributed by atoms with Crippen molar-refractivity contribution in [3.05, 3.63) is 35.7 Å². The van der Waals surface area contributed by atoms with Gasteiger partial charge in [0.25, 0.3) is 0 Å². The summed E-state index contributed by atoms with van der Waals surface area (Å²) in [4.78, 5) is 11.2. The smallest absolute Gasteiger partial charge is 0.368 e. The molecule has 0 saturated heterocycles. The number of nitrogens with two attached hydrogens (primary N) is 1. The number of nitrogens with zero attached hydrogens (tertiary/aromatic N) is 3.